The molecule has 0 spiro atoms. The normalized spacial score (nSPS) is 26.7. The lowest BCUT2D eigenvalue weighted by Crippen LogP contribution is -2.52. The minimum Gasteiger partial charge on any atom is -0.340 e. The highest BCUT2D eigenvalue weighted by molar-refractivity contribution is 5.89. The molecule has 1 aromatic rings. The number of piperidine rings is 1. The molecule has 4 nitrogen and oxygen atoms in total. The third kappa shape index (κ3) is 3.54. The third-order valence-corrected chi connectivity index (χ3v) is 6.72. The lowest BCUT2D eigenvalue weighted by molar-refractivity contribution is -0.138. The van der Waals surface area contributed by atoms with Crippen molar-refractivity contribution in [3.8, 4) is 0 Å². The van der Waals surface area contributed by atoms with Crippen molar-refractivity contribution in [2.75, 3.05) is 47.3 Å². The van der Waals surface area contributed by atoms with Crippen LogP contribution in [0.5, 0.6) is 0 Å². The molecule has 26 heavy (non-hydrogen) atoms. The first-order valence-corrected chi connectivity index (χ1v) is 10.0. The minimum absolute atomic E-state index is 0.351. The number of hydrogen-bond acceptors (Lipinski definition) is 3. The Morgan fingerprint density at radius 1 is 1.12 bits per heavy atom. The molecule has 2 aliphatic heterocycles. The number of carbonyl (C=O) groups is 1. The van der Waals surface area contributed by atoms with E-state index >= 15 is 0 Å². The van der Waals surface area contributed by atoms with Crippen LogP contribution in [0.1, 0.15) is 32.3 Å². The molecule has 2 fully saturated rings. The summed E-state index contributed by atoms with van der Waals surface area (Å²) < 4.78 is 0. The predicted octanol–water partition coefficient (Wildman–Crippen LogP) is 2.69. The number of benzene rings is 1. The van der Waals surface area contributed by atoms with Gasteiger partial charge in [0.1, 0.15) is 0 Å². The Balaban J connectivity index is 1.89. The zero-order valence-electron chi connectivity index (χ0n) is 17.1. The summed E-state index contributed by atoms with van der Waals surface area (Å²) in [6.07, 6.45) is 1.84. The molecule has 3 rings (SSSR count). The second kappa shape index (κ2) is 7.69. The van der Waals surface area contributed by atoms with E-state index < -0.39 is 0 Å². The van der Waals surface area contributed by atoms with Gasteiger partial charge in [-0.25, -0.2) is 0 Å². The summed E-state index contributed by atoms with van der Waals surface area (Å²) >= 11 is 0. The predicted molar refractivity (Wildman–Crippen MR) is 107 cm³/mol. The van der Waals surface area contributed by atoms with E-state index in [9.17, 15) is 4.79 Å². The van der Waals surface area contributed by atoms with Gasteiger partial charge in [-0.3, -0.25) is 4.79 Å². The van der Waals surface area contributed by atoms with Gasteiger partial charge in [0.15, 0.2) is 0 Å². The van der Waals surface area contributed by atoms with Gasteiger partial charge in [0, 0.05) is 19.1 Å². The summed E-state index contributed by atoms with van der Waals surface area (Å²) in [5.41, 5.74) is 0.851. The molecular formula is C22H35N3O. The van der Waals surface area contributed by atoms with E-state index in [1.807, 2.05) is 6.07 Å². The molecule has 0 N–H and O–H groups in total. The molecule has 0 aromatic heterocycles. The highest BCUT2D eigenvalue weighted by Gasteiger charge is 2.48. The van der Waals surface area contributed by atoms with Crippen molar-refractivity contribution in [2.24, 2.45) is 11.8 Å². The number of hydrogen-bond donors (Lipinski definition) is 0. The maximum atomic E-state index is 13.9. The molecule has 2 saturated heterocycles. The Hall–Kier alpha value is -1.39. The fourth-order valence-corrected chi connectivity index (χ4v) is 4.87. The fraction of sp³-hybridized carbons (Fsp3) is 0.682. The zero-order chi connectivity index (χ0) is 18.9. The van der Waals surface area contributed by atoms with Gasteiger partial charge < -0.3 is 14.7 Å². The molecule has 1 amide bonds. The zero-order valence-corrected chi connectivity index (χ0v) is 17.1. The van der Waals surface area contributed by atoms with E-state index in [0.29, 0.717) is 23.8 Å². The van der Waals surface area contributed by atoms with Crippen LogP contribution in [0.25, 0.3) is 0 Å². The number of likely N-dealkylation sites (N-methyl/N-ethyl adjacent to an activating group) is 1. The van der Waals surface area contributed by atoms with Crippen LogP contribution in [-0.2, 0) is 10.2 Å². The van der Waals surface area contributed by atoms with E-state index in [1.54, 1.807) is 0 Å². The molecule has 0 radical (unpaired) electrons. The first-order valence-electron chi connectivity index (χ1n) is 10.0. The number of likely N-dealkylation sites (tertiary alicyclic amines) is 2. The maximum Gasteiger partial charge on any atom is 0.233 e. The third-order valence-electron chi connectivity index (χ3n) is 6.72. The van der Waals surface area contributed by atoms with Gasteiger partial charge in [0.2, 0.25) is 5.91 Å². The second-order valence-electron chi connectivity index (χ2n) is 8.90. The number of rotatable bonds is 4. The average molecular weight is 358 g/mol. The number of carbonyl (C=O) groups excluding carboxylic acids is 1. The first kappa shape index (κ1) is 19.4. The van der Waals surface area contributed by atoms with Crippen LogP contribution in [0, 0.1) is 11.8 Å². The van der Waals surface area contributed by atoms with Crippen LogP contribution < -0.4 is 0 Å². The summed E-state index contributed by atoms with van der Waals surface area (Å²) in [6, 6.07) is 11.0. The van der Waals surface area contributed by atoms with Crippen LogP contribution >= 0.6 is 0 Å². The highest BCUT2D eigenvalue weighted by atomic mass is 16.2. The van der Waals surface area contributed by atoms with Crippen molar-refractivity contribution >= 4 is 5.91 Å². The van der Waals surface area contributed by atoms with Crippen molar-refractivity contribution in [3.05, 3.63) is 35.9 Å². The molecule has 4 heteroatoms. The van der Waals surface area contributed by atoms with Gasteiger partial charge in [-0.2, -0.15) is 0 Å². The molecule has 0 bridgehead atoms. The summed E-state index contributed by atoms with van der Waals surface area (Å²) in [4.78, 5) is 20.7. The lowest BCUT2D eigenvalue weighted by atomic mass is 9.71. The van der Waals surface area contributed by atoms with E-state index in [1.165, 1.54) is 5.56 Å². The Morgan fingerprint density at radius 3 is 2.23 bits per heavy atom. The summed E-state index contributed by atoms with van der Waals surface area (Å²) in [5, 5.41) is 0. The Kier molecular flexibility index (Phi) is 5.73. The molecule has 0 aliphatic carbocycles. The van der Waals surface area contributed by atoms with Gasteiger partial charge in [0.05, 0.1) is 5.41 Å². The van der Waals surface area contributed by atoms with Crippen molar-refractivity contribution in [1.82, 2.24) is 14.7 Å². The molecule has 2 heterocycles. The van der Waals surface area contributed by atoms with Crippen molar-refractivity contribution in [1.29, 1.82) is 0 Å². The van der Waals surface area contributed by atoms with E-state index in [4.69, 9.17) is 0 Å². The van der Waals surface area contributed by atoms with Crippen molar-refractivity contribution in [2.45, 2.75) is 38.1 Å². The quantitative estimate of drug-likeness (QED) is 0.829. The van der Waals surface area contributed by atoms with E-state index in [-0.39, 0.29) is 5.41 Å². The number of nitrogens with zero attached hydrogens (tertiary/aromatic N) is 3. The van der Waals surface area contributed by atoms with Crippen LogP contribution in [0.3, 0.4) is 0 Å². The minimum atomic E-state index is -0.351. The Bertz CT molecular complexity index is 589. The van der Waals surface area contributed by atoms with E-state index in [2.05, 4.69) is 74.0 Å². The van der Waals surface area contributed by atoms with Gasteiger partial charge in [-0.1, -0.05) is 44.2 Å². The monoisotopic (exact) mass is 357 g/mol. The first-order chi connectivity index (χ1) is 12.3. The molecule has 2 atom stereocenters. The summed E-state index contributed by atoms with van der Waals surface area (Å²) in [7, 11) is 6.46. The average Bonchev–Trinajstić information content (AvgIpc) is 3.09. The Labute approximate surface area is 159 Å². The SMILES string of the molecule is CC(C)[C@@H]1CN(C(=O)C2(c3ccccc3)CCN(C)CC2)C[C@H]1N(C)C. The molecular weight excluding hydrogens is 322 g/mol. The summed E-state index contributed by atoms with van der Waals surface area (Å²) in [5.74, 6) is 1.49. The van der Waals surface area contributed by atoms with Crippen molar-refractivity contribution in [3.63, 3.8) is 0 Å². The topological polar surface area (TPSA) is 26.8 Å². The molecule has 144 valence electrons. The smallest absolute Gasteiger partial charge is 0.233 e. The largest absolute Gasteiger partial charge is 0.340 e. The van der Waals surface area contributed by atoms with E-state index in [0.717, 1.165) is 39.0 Å². The Morgan fingerprint density at radius 2 is 1.73 bits per heavy atom. The lowest BCUT2D eigenvalue weighted by Gasteiger charge is -2.42. The van der Waals surface area contributed by atoms with Gasteiger partial charge in [-0.05, 0) is 64.5 Å². The molecule has 2 aliphatic rings. The van der Waals surface area contributed by atoms with Crippen LogP contribution in [0.2, 0.25) is 0 Å². The van der Waals surface area contributed by atoms with Crippen molar-refractivity contribution < 1.29 is 4.79 Å². The standard InChI is InChI=1S/C22H35N3O/c1-17(2)19-15-25(16-20(19)23(3)4)21(26)22(11-13-24(5)14-12-22)18-9-7-6-8-10-18/h6-10,17,19-20H,11-16H2,1-5H3/t19-,20+/m0/s1. The van der Waals surface area contributed by atoms with Crippen LogP contribution in [0.4, 0.5) is 0 Å². The highest BCUT2D eigenvalue weighted by Crippen LogP contribution is 2.39. The molecule has 1 aromatic carbocycles. The van der Waals surface area contributed by atoms with Crippen LogP contribution in [0.15, 0.2) is 30.3 Å². The van der Waals surface area contributed by atoms with Gasteiger partial charge >= 0.3 is 0 Å². The maximum absolute atomic E-state index is 13.9. The molecule has 0 unspecified atom stereocenters. The molecule has 0 saturated carbocycles. The second-order valence-corrected chi connectivity index (χ2v) is 8.90. The van der Waals surface area contributed by atoms with Gasteiger partial charge in [-0.15, -0.1) is 0 Å². The summed E-state index contributed by atoms with van der Waals surface area (Å²) in [6.45, 7) is 8.30. The number of amides is 1. The fourth-order valence-electron chi connectivity index (χ4n) is 4.87. The van der Waals surface area contributed by atoms with Crippen LogP contribution in [-0.4, -0.2) is 74.0 Å². The van der Waals surface area contributed by atoms with Gasteiger partial charge in [0.25, 0.3) is 0 Å².